The third kappa shape index (κ3) is 4.56. The Kier molecular flexibility index (Phi) is 6.26. The summed E-state index contributed by atoms with van der Waals surface area (Å²) in [5.74, 6) is 1.31. The molecular formula is C22H24N2O3. The van der Waals surface area contributed by atoms with Crippen LogP contribution >= 0.6 is 0 Å². The summed E-state index contributed by atoms with van der Waals surface area (Å²) in [5.41, 5.74) is 1.53. The van der Waals surface area contributed by atoms with Crippen molar-refractivity contribution in [3.05, 3.63) is 66.0 Å². The zero-order valence-corrected chi connectivity index (χ0v) is 15.7. The molecule has 3 rings (SSSR count). The van der Waals surface area contributed by atoms with Gasteiger partial charge >= 0.3 is 0 Å². The summed E-state index contributed by atoms with van der Waals surface area (Å²) in [6.45, 7) is 5.57. The molecule has 1 aromatic heterocycles. The molecule has 27 heavy (non-hydrogen) atoms. The summed E-state index contributed by atoms with van der Waals surface area (Å²) in [6.07, 6.45) is 2.36. The summed E-state index contributed by atoms with van der Waals surface area (Å²) in [6, 6.07) is 15.5. The molecule has 0 saturated heterocycles. The first-order valence-electron chi connectivity index (χ1n) is 9.23. The first-order valence-corrected chi connectivity index (χ1v) is 9.23. The summed E-state index contributed by atoms with van der Waals surface area (Å²) >= 11 is 0. The van der Waals surface area contributed by atoms with Crippen LogP contribution in [0.3, 0.4) is 0 Å². The lowest BCUT2D eigenvalue weighted by atomic mass is 10.1. The van der Waals surface area contributed by atoms with Crippen LogP contribution in [0.5, 0.6) is 11.5 Å². The highest BCUT2D eigenvalue weighted by Crippen LogP contribution is 2.28. The van der Waals surface area contributed by atoms with Crippen LogP contribution in [0.25, 0.3) is 10.8 Å². The molecule has 5 nitrogen and oxygen atoms in total. The number of aromatic nitrogens is 1. The van der Waals surface area contributed by atoms with Crippen LogP contribution < -0.4 is 14.8 Å². The van der Waals surface area contributed by atoms with E-state index in [1.807, 2.05) is 62.4 Å². The summed E-state index contributed by atoms with van der Waals surface area (Å²) in [5, 5.41) is 4.82. The Morgan fingerprint density at radius 2 is 1.78 bits per heavy atom. The van der Waals surface area contributed by atoms with Gasteiger partial charge in [-0.15, -0.1) is 0 Å². The molecule has 0 fully saturated rings. The van der Waals surface area contributed by atoms with Gasteiger partial charge in [-0.05, 0) is 49.4 Å². The molecule has 5 heteroatoms. The Morgan fingerprint density at radius 3 is 2.59 bits per heavy atom. The Balaban J connectivity index is 1.65. The summed E-state index contributed by atoms with van der Waals surface area (Å²) < 4.78 is 11.2. The number of hydrogen-bond donors (Lipinski definition) is 1. The number of nitrogens with zero attached hydrogens (tertiary/aromatic N) is 1. The fraction of sp³-hybridized carbons (Fsp3) is 0.273. The number of pyridine rings is 1. The number of carbonyl (C=O) groups is 1. The molecule has 3 aromatic rings. The molecule has 0 aliphatic rings. The van der Waals surface area contributed by atoms with Crippen LogP contribution in [0.4, 0.5) is 0 Å². The van der Waals surface area contributed by atoms with Gasteiger partial charge in [-0.25, -0.2) is 0 Å². The minimum atomic E-state index is -0.164. The van der Waals surface area contributed by atoms with Gasteiger partial charge in [0.15, 0.2) is 11.5 Å². The van der Waals surface area contributed by atoms with E-state index >= 15 is 0 Å². The molecule has 0 saturated carbocycles. The standard InChI is InChI=1S/C22H24N2O3/c1-3-26-19-10-9-16(15-20(19)27-4-2)11-13-24-22(25)21-18-8-6-5-7-17(18)12-14-23-21/h5-10,12,14-15H,3-4,11,13H2,1-2H3,(H,24,25). The molecular weight excluding hydrogens is 340 g/mol. The predicted octanol–water partition coefficient (Wildman–Crippen LogP) is 4.00. The van der Waals surface area contributed by atoms with Crippen molar-refractivity contribution in [2.24, 2.45) is 0 Å². The first kappa shape index (κ1) is 18.7. The molecule has 0 radical (unpaired) electrons. The maximum atomic E-state index is 12.5. The van der Waals surface area contributed by atoms with Crippen LogP contribution in [0.2, 0.25) is 0 Å². The molecule has 0 aliphatic heterocycles. The molecule has 0 unspecified atom stereocenters. The van der Waals surface area contributed by atoms with Gasteiger partial charge in [0.05, 0.1) is 13.2 Å². The molecule has 1 heterocycles. The maximum Gasteiger partial charge on any atom is 0.270 e. The highest BCUT2D eigenvalue weighted by atomic mass is 16.5. The molecule has 140 valence electrons. The summed E-state index contributed by atoms with van der Waals surface area (Å²) in [7, 11) is 0. The first-order chi connectivity index (χ1) is 13.2. The fourth-order valence-corrected chi connectivity index (χ4v) is 2.96. The monoisotopic (exact) mass is 364 g/mol. The van der Waals surface area contributed by atoms with Gasteiger partial charge < -0.3 is 14.8 Å². The fourth-order valence-electron chi connectivity index (χ4n) is 2.96. The molecule has 1 N–H and O–H groups in total. The quantitative estimate of drug-likeness (QED) is 0.656. The third-order valence-corrected chi connectivity index (χ3v) is 4.20. The van der Waals surface area contributed by atoms with Gasteiger partial charge in [-0.1, -0.05) is 30.3 Å². The smallest absolute Gasteiger partial charge is 0.270 e. The van der Waals surface area contributed by atoms with Crippen LogP contribution in [-0.2, 0) is 6.42 Å². The molecule has 0 bridgehead atoms. The Hall–Kier alpha value is -3.08. The minimum Gasteiger partial charge on any atom is -0.490 e. The van der Waals surface area contributed by atoms with Gasteiger partial charge in [0.2, 0.25) is 0 Å². The highest BCUT2D eigenvalue weighted by molar-refractivity contribution is 6.05. The topological polar surface area (TPSA) is 60.5 Å². The number of nitrogens with one attached hydrogen (secondary N) is 1. The third-order valence-electron chi connectivity index (χ3n) is 4.20. The second-order valence-electron chi connectivity index (χ2n) is 6.03. The number of fused-ring (bicyclic) bond motifs is 1. The largest absolute Gasteiger partial charge is 0.490 e. The normalized spacial score (nSPS) is 10.6. The van der Waals surface area contributed by atoms with Crippen LogP contribution in [0.15, 0.2) is 54.7 Å². The van der Waals surface area contributed by atoms with Crippen LogP contribution in [0, 0.1) is 0 Å². The number of rotatable bonds is 8. The van der Waals surface area contributed by atoms with Crippen molar-refractivity contribution in [1.29, 1.82) is 0 Å². The van der Waals surface area contributed by atoms with Crippen molar-refractivity contribution in [3.8, 4) is 11.5 Å². The van der Waals surface area contributed by atoms with Gasteiger partial charge in [-0.2, -0.15) is 0 Å². The van der Waals surface area contributed by atoms with E-state index in [9.17, 15) is 4.79 Å². The lowest BCUT2D eigenvalue weighted by molar-refractivity contribution is 0.0951. The molecule has 2 aromatic carbocycles. The molecule has 0 spiro atoms. The predicted molar refractivity (Wildman–Crippen MR) is 107 cm³/mol. The number of amides is 1. The van der Waals surface area contributed by atoms with E-state index in [0.717, 1.165) is 27.8 Å². The van der Waals surface area contributed by atoms with Gasteiger partial charge in [-0.3, -0.25) is 9.78 Å². The summed E-state index contributed by atoms with van der Waals surface area (Å²) in [4.78, 5) is 16.8. The van der Waals surface area contributed by atoms with E-state index in [1.165, 1.54) is 0 Å². The van der Waals surface area contributed by atoms with E-state index in [2.05, 4.69) is 10.3 Å². The van der Waals surface area contributed by atoms with Crippen molar-refractivity contribution in [2.45, 2.75) is 20.3 Å². The molecule has 0 atom stereocenters. The molecule has 0 aliphatic carbocycles. The molecule has 1 amide bonds. The van der Waals surface area contributed by atoms with E-state index in [-0.39, 0.29) is 5.91 Å². The maximum absolute atomic E-state index is 12.5. The van der Waals surface area contributed by atoms with Gasteiger partial charge in [0.25, 0.3) is 5.91 Å². The second-order valence-corrected chi connectivity index (χ2v) is 6.03. The van der Waals surface area contributed by atoms with Crippen molar-refractivity contribution < 1.29 is 14.3 Å². The highest BCUT2D eigenvalue weighted by Gasteiger charge is 2.11. The van der Waals surface area contributed by atoms with Crippen molar-refractivity contribution in [2.75, 3.05) is 19.8 Å². The van der Waals surface area contributed by atoms with E-state index in [4.69, 9.17) is 9.47 Å². The zero-order valence-electron chi connectivity index (χ0n) is 15.7. The average Bonchev–Trinajstić information content (AvgIpc) is 2.69. The lowest BCUT2D eigenvalue weighted by Crippen LogP contribution is -2.26. The SMILES string of the molecule is CCOc1ccc(CCNC(=O)c2nccc3ccccc23)cc1OCC. The zero-order chi connectivity index (χ0) is 19.1. The van der Waals surface area contributed by atoms with Gasteiger partial charge in [0, 0.05) is 18.1 Å². The number of hydrogen-bond acceptors (Lipinski definition) is 4. The van der Waals surface area contributed by atoms with Crippen LogP contribution in [-0.4, -0.2) is 30.6 Å². The number of ether oxygens (including phenoxy) is 2. The number of carbonyl (C=O) groups excluding carboxylic acids is 1. The van der Waals surface area contributed by atoms with E-state index < -0.39 is 0 Å². The Labute approximate surface area is 159 Å². The van der Waals surface area contributed by atoms with E-state index in [1.54, 1.807) is 6.20 Å². The minimum absolute atomic E-state index is 0.164. The van der Waals surface area contributed by atoms with Crippen molar-refractivity contribution in [1.82, 2.24) is 10.3 Å². The van der Waals surface area contributed by atoms with Crippen molar-refractivity contribution in [3.63, 3.8) is 0 Å². The average molecular weight is 364 g/mol. The van der Waals surface area contributed by atoms with Gasteiger partial charge in [0.1, 0.15) is 5.69 Å². The second kappa shape index (κ2) is 9.03. The van der Waals surface area contributed by atoms with Crippen LogP contribution in [0.1, 0.15) is 29.9 Å². The lowest BCUT2D eigenvalue weighted by Gasteiger charge is -2.13. The Bertz CT molecular complexity index is 919. The van der Waals surface area contributed by atoms with Crippen molar-refractivity contribution >= 4 is 16.7 Å². The van der Waals surface area contributed by atoms with E-state index in [0.29, 0.717) is 31.9 Å². The number of benzene rings is 2. The Morgan fingerprint density at radius 1 is 1.00 bits per heavy atom.